The van der Waals surface area contributed by atoms with Gasteiger partial charge in [0.2, 0.25) is 0 Å². The normalized spacial score (nSPS) is 23.3. The van der Waals surface area contributed by atoms with E-state index in [0.29, 0.717) is 5.92 Å². The Morgan fingerprint density at radius 3 is 3.00 bits per heavy atom. The third-order valence-electron chi connectivity index (χ3n) is 2.24. The number of nitrogens with one attached hydrogen (secondary N) is 1. The summed E-state index contributed by atoms with van der Waals surface area (Å²) in [6.07, 6.45) is 1.12. The lowest BCUT2D eigenvalue weighted by Gasteiger charge is -2.03. The highest BCUT2D eigenvalue weighted by atomic mass is 35.5. The highest BCUT2D eigenvalue weighted by Gasteiger charge is 2.22. The van der Waals surface area contributed by atoms with Crippen molar-refractivity contribution in [2.75, 3.05) is 13.1 Å². The first-order valence-corrected chi connectivity index (χ1v) is 4.48. The number of halogens is 1. The third-order valence-corrected chi connectivity index (χ3v) is 2.40. The summed E-state index contributed by atoms with van der Waals surface area (Å²) in [5.74, 6) is 1.41. The summed E-state index contributed by atoms with van der Waals surface area (Å²) in [7, 11) is 0. The van der Waals surface area contributed by atoms with E-state index < -0.39 is 0 Å². The highest BCUT2D eigenvalue weighted by molar-refractivity contribution is 6.27. The van der Waals surface area contributed by atoms with Gasteiger partial charge in [0, 0.05) is 12.5 Å². The summed E-state index contributed by atoms with van der Waals surface area (Å²) < 4.78 is 5.31. The molecule has 1 unspecified atom stereocenters. The van der Waals surface area contributed by atoms with Crippen molar-refractivity contribution in [2.45, 2.75) is 19.3 Å². The quantitative estimate of drug-likeness (QED) is 0.726. The fourth-order valence-corrected chi connectivity index (χ4v) is 1.84. The predicted molar refractivity (Wildman–Crippen MR) is 46.5 cm³/mol. The average molecular weight is 187 g/mol. The van der Waals surface area contributed by atoms with E-state index in [0.717, 1.165) is 31.0 Å². The number of hydrogen-bond acceptors (Lipinski definition) is 3. The lowest BCUT2D eigenvalue weighted by molar-refractivity contribution is 0.469. The van der Waals surface area contributed by atoms with Gasteiger partial charge in [-0.15, -0.1) is 0 Å². The molecule has 0 bridgehead atoms. The second-order valence-electron chi connectivity index (χ2n) is 3.11. The Morgan fingerprint density at radius 2 is 2.50 bits per heavy atom. The monoisotopic (exact) mass is 186 g/mol. The van der Waals surface area contributed by atoms with Crippen molar-refractivity contribution in [3.8, 4) is 0 Å². The van der Waals surface area contributed by atoms with Crippen LogP contribution in [-0.2, 0) is 0 Å². The second-order valence-corrected chi connectivity index (χ2v) is 3.43. The Balaban J connectivity index is 2.25. The average Bonchev–Trinajstić information content (AvgIpc) is 2.58. The van der Waals surface area contributed by atoms with E-state index >= 15 is 0 Å². The summed E-state index contributed by atoms with van der Waals surface area (Å²) in [5, 5.41) is 3.54. The Kier molecular flexibility index (Phi) is 2.07. The molecule has 1 aromatic heterocycles. The van der Waals surface area contributed by atoms with Gasteiger partial charge in [-0.25, -0.2) is 4.98 Å². The van der Waals surface area contributed by atoms with Crippen molar-refractivity contribution in [3.05, 3.63) is 16.8 Å². The molecule has 2 heterocycles. The molecule has 0 aliphatic carbocycles. The van der Waals surface area contributed by atoms with Gasteiger partial charge in [-0.05, 0) is 31.5 Å². The standard InChI is InChI=1S/C8H11ClN2O/c1-5-7(12-8(9)11-5)6-2-3-10-4-6/h6,10H,2-4H2,1H3. The Morgan fingerprint density at radius 1 is 1.67 bits per heavy atom. The molecular weight excluding hydrogens is 176 g/mol. The van der Waals surface area contributed by atoms with Crippen LogP contribution in [0.4, 0.5) is 0 Å². The fourth-order valence-electron chi connectivity index (χ4n) is 1.63. The summed E-state index contributed by atoms with van der Waals surface area (Å²) in [4.78, 5) is 4.03. The van der Waals surface area contributed by atoms with Gasteiger partial charge in [-0.1, -0.05) is 0 Å². The molecule has 2 rings (SSSR count). The van der Waals surface area contributed by atoms with Crippen LogP contribution in [-0.4, -0.2) is 18.1 Å². The summed E-state index contributed by atoms with van der Waals surface area (Å²) >= 11 is 5.65. The topological polar surface area (TPSA) is 38.1 Å². The maximum absolute atomic E-state index is 5.65. The van der Waals surface area contributed by atoms with Crippen LogP contribution in [0.2, 0.25) is 5.35 Å². The van der Waals surface area contributed by atoms with Gasteiger partial charge in [0.25, 0.3) is 5.35 Å². The highest BCUT2D eigenvalue weighted by Crippen LogP contribution is 2.27. The van der Waals surface area contributed by atoms with Gasteiger partial charge in [0.1, 0.15) is 5.76 Å². The van der Waals surface area contributed by atoms with Crippen LogP contribution in [0.15, 0.2) is 4.42 Å². The number of hydrogen-bond donors (Lipinski definition) is 1. The minimum absolute atomic E-state index is 0.259. The smallest absolute Gasteiger partial charge is 0.292 e. The predicted octanol–water partition coefficient (Wildman–Crippen LogP) is 1.71. The molecule has 1 N–H and O–H groups in total. The van der Waals surface area contributed by atoms with E-state index in [2.05, 4.69) is 10.3 Å². The van der Waals surface area contributed by atoms with E-state index in [4.69, 9.17) is 16.0 Å². The zero-order valence-electron chi connectivity index (χ0n) is 6.93. The molecule has 0 aromatic carbocycles. The molecule has 1 atom stereocenters. The number of aromatic nitrogens is 1. The van der Waals surface area contributed by atoms with Gasteiger partial charge in [-0.3, -0.25) is 0 Å². The molecule has 4 heteroatoms. The molecular formula is C8H11ClN2O. The molecule has 0 radical (unpaired) electrons. The van der Waals surface area contributed by atoms with E-state index in [-0.39, 0.29) is 5.35 Å². The summed E-state index contributed by atoms with van der Waals surface area (Å²) in [5.41, 5.74) is 0.925. The van der Waals surface area contributed by atoms with E-state index in [1.54, 1.807) is 0 Å². The van der Waals surface area contributed by atoms with Crippen molar-refractivity contribution in [1.29, 1.82) is 0 Å². The molecule has 66 valence electrons. The van der Waals surface area contributed by atoms with Crippen LogP contribution in [0.1, 0.15) is 23.8 Å². The van der Waals surface area contributed by atoms with Crippen LogP contribution in [0.5, 0.6) is 0 Å². The molecule has 0 spiro atoms. The lowest BCUT2D eigenvalue weighted by Crippen LogP contribution is -2.08. The lowest BCUT2D eigenvalue weighted by atomic mass is 10.1. The maximum atomic E-state index is 5.65. The zero-order valence-corrected chi connectivity index (χ0v) is 7.69. The van der Waals surface area contributed by atoms with Crippen LogP contribution in [0, 0.1) is 6.92 Å². The molecule has 1 fully saturated rings. The first kappa shape index (κ1) is 8.08. The second kappa shape index (κ2) is 3.07. The van der Waals surface area contributed by atoms with Crippen LogP contribution in [0.3, 0.4) is 0 Å². The zero-order chi connectivity index (χ0) is 8.55. The molecule has 3 nitrogen and oxygen atoms in total. The fraction of sp³-hybridized carbons (Fsp3) is 0.625. The first-order valence-electron chi connectivity index (χ1n) is 4.11. The minimum atomic E-state index is 0.259. The molecule has 1 saturated heterocycles. The van der Waals surface area contributed by atoms with E-state index in [9.17, 15) is 0 Å². The molecule has 12 heavy (non-hydrogen) atoms. The number of oxazole rings is 1. The van der Waals surface area contributed by atoms with Crippen LogP contribution in [0.25, 0.3) is 0 Å². The molecule has 1 aliphatic rings. The Hall–Kier alpha value is -0.540. The summed E-state index contributed by atoms with van der Waals surface area (Å²) in [6, 6.07) is 0. The van der Waals surface area contributed by atoms with Crippen molar-refractivity contribution in [2.24, 2.45) is 0 Å². The Labute approximate surface area is 76.1 Å². The van der Waals surface area contributed by atoms with Gasteiger partial charge in [-0.2, -0.15) is 0 Å². The van der Waals surface area contributed by atoms with E-state index in [1.165, 1.54) is 0 Å². The molecule has 1 aliphatic heterocycles. The number of rotatable bonds is 1. The van der Waals surface area contributed by atoms with Crippen molar-refractivity contribution in [3.63, 3.8) is 0 Å². The molecule has 0 saturated carbocycles. The Bertz CT molecular complexity index is 279. The first-order chi connectivity index (χ1) is 5.77. The maximum Gasteiger partial charge on any atom is 0.292 e. The number of aryl methyl sites for hydroxylation is 1. The van der Waals surface area contributed by atoms with Crippen molar-refractivity contribution < 1.29 is 4.42 Å². The molecule has 0 amide bonds. The van der Waals surface area contributed by atoms with E-state index in [1.807, 2.05) is 6.92 Å². The third kappa shape index (κ3) is 1.34. The largest absolute Gasteiger partial charge is 0.432 e. The van der Waals surface area contributed by atoms with Gasteiger partial charge in [0.15, 0.2) is 0 Å². The summed E-state index contributed by atoms with van der Waals surface area (Å²) in [6.45, 7) is 3.97. The molecule has 1 aromatic rings. The van der Waals surface area contributed by atoms with Gasteiger partial charge in [0.05, 0.1) is 5.69 Å². The SMILES string of the molecule is Cc1nc(Cl)oc1C1CCNC1. The van der Waals surface area contributed by atoms with Crippen molar-refractivity contribution >= 4 is 11.6 Å². The minimum Gasteiger partial charge on any atom is -0.432 e. The van der Waals surface area contributed by atoms with Gasteiger partial charge < -0.3 is 9.73 Å². The number of nitrogens with zero attached hydrogens (tertiary/aromatic N) is 1. The van der Waals surface area contributed by atoms with Crippen LogP contribution >= 0.6 is 11.6 Å². The van der Waals surface area contributed by atoms with Crippen molar-refractivity contribution in [1.82, 2.24) is 10.3 Å². The van der Waals surface area contributed by atoms with Crippen LogP contribution < -0.4 is 5.32 Å². The van der Waals surface area contributed by atoms with Gasteiger partial charge >= 0.3 is 0 Å².